The molecule has 0 saturated carbocycles. The number of hydrogen-bond donors (Lipinski definition) is 3. The summed E-state index contributed by atoms with van der Waals surface area (Å²) in [7, 11) is 0. The quantitative estimate of drug-likeness (QED) is 0.551. The van der Waals surface area contributed by atoms with Crippen molar-refractivity contribution in [1.82, 2.24) is 10.2 Å². The van der Waals surface area contributed by atoms with E-state index in [1.165, 1.54) is 0 Å². The molecule has 0 aromatic heterocycles. The van der Waals surface area contributed by atoms with Gasteiger partial charge < -0.3 is 16.0 Å². The summed E-state index contributed by atoms with van der Waals surface area (Å²) in [6, 6.07) is 15.1. The van der Waals surface area contributed by atoms with Gasteiger partial charge in [-0.1, -0.05) is 51.1 Å². The molecule has 2 aromatic carbocycles. The SMILES string of the molecule is CCC1(c2ccccc2)NC(=O)N(CC(=O)Nc2ccc(NC(=O)CC(C)C)cc2)C1=O. The van der Waals surface area contributed by atoms with Crippen LogP contribution in [-0.4, -0.2) is 35.2 Å². The highest BCUT2D eigenvalue weighted by atomic mass is 16.2. The van der Waals surface area contributed by atoms with Gasteiger partial charge in [0, 0.05) is 17.8 Å². The molecule has 0 aliphatic carbocycles. The third-order valence-corrected chi connectivity index (χ3v) is 5.32. The minimum absolute atomic E-state index is 0.0758. The molecule has 8 nitrogen and oxygen atoms in total. The number of benzene rings is 2. The molecule has 1 atom stereocenters. The standard InChI is InChI=1S/C24H28N4O4/c1-4-24(17-8-6-5-7-9-17)22(31)28(23(32)27-24)15-21(30)26-19-12-10-18(11-13-19)25-20(29)14-16(2)3/h5-13,16H,4,14-15H2,1-3H3,(H,25,29)(H,26,30)(H,27,32). The van der Waals surface area contributed by atoms with Gasteiger partial charge in [0.25, 0.3) is 5.91 Å². The molecule has 32 heavy (non-hydrogen) atoms. The van der Waals surface area contributed by atoms with E-state index >= 15 is 0 Å². The van der Waals surface area contributed by atoms with Gasteiger partial charge in [-0.15, -0.1) is 0 Å². The van der Waals surface area contributed by atoms with Gasteiger partial charge in [-0.05, 0) is 42.2 Å². The van der Waals surface area contributed by atoms with Crippen molar-refractivity contribution in [3.8, 4) is 0 Å². The number of rotatable bonds is 8. The summed E-state index contributed by atoms with van der Waals surface area (Å²) in [4.78, 5) is 50.9. The Kier molecular flexibility index (Phi) is 6.92. The Morgan fingerprint density at radius 2 is 1.50 bits per heavy atom. The van der Waals surface area contributed by atoms with Crippen LogP contribution in [0.4, 0.5) is 16.2 Å². The number of imide groups is 1. The summed E-state index contributed by atoms with van der Waals surface area (Å²) in [6.07, 6.45) is 0.788. The van der Waals surface area contributed by atoms with Crippen molar-refractivity contribution >= 4 is 35.1 Å². The van der Waals surface area contributed by atoms with E-state index in [-0.39, 0.29) is 11.8 Å². The lowest BCUT2D eigenvalue weighted by Crippen LogP contribution is -2.44. The van der Waals surface area contributed by atoms with Crippen molar-refractivity contribution in [3.63, 3.8) is 0 Å². The number of carbonyl (C=O) groups excluding carboxylic acids is 4. The predicted molar refractivity (Wildman–Crippen MR) is 122 cm³/mol. The van der Waals surface area contributed by atoms with Crippen LogP contribution in [0.2, 0.25) is 0 Å². The second kappa shape index (κ2) is 9.64. The van der Waals surface area contributed by atoms with Gasteiger partial charge in [-0.2, -0.15) is 0 Å². The number of carbonyl (C=O) groups is 4. The Bertz CT molecular complexity index is 1000. The Morgan fingerprint density at radius 1 is 0.938 bits per heavy atom. The molecule has 1 fully saturated rings. The third kappa shape index (κ3) is 4.96. The molecule has 5 amide bonds. The van der Waals surface area contributed by atoms with Gasteiger partial charge in [-0.3, -0.25) is 19.3 Å². The highest BCUT2D eigenvalue weighted by molar-refractivity contribution is 6.10. The monoisotopic (exact) mass is 436 g/mol. The number of hydrogen-bond acceptors (Lipinski definition) is 4. The Labute approximate surface area is 187 Å². The minimum atomic E-state index is -1.17. The fraction of sp³-hybridized carbons (Fsp3) is 0.333. The topological polar surface area (TPSA) is 108 Å². The second-order valence-corrected chi connectivity index (χ2v) is 8.22. The maximum Gasteiger partial charge on any atom is 0.325 e. The molecule has 2 aromatic rings. The van der Waals surface area contributed by atoms with E-state index in [1.807, 2.05) is 26.8 Å². The van der Waals surface area contributed by atoms with Crippen LogP contribution in [0, 0.1) is 5.92 Å². The molecule has 1 aliphatic rings. The van der Waals surface area contributed by atoms with Crippen molar-refractivity contribution in [3.05, 3.63) is 60.2 Å². The van der Waals surface area contributed by atoms with Crippen molar-refractivity contribution < 1.29 is 19.2 Å². The van der Waals surface area contributed by atoms with Crippen LogP contribution >= 0.6 is 0 Å². The van der Waals surface area contributed by atoms with Crippen molar-refractivity contribution in [2.45, 2.75) is 39.2 Å². The minimum Gasteiger partial charge on any atom is -0.326 e. The maximum absolute atomic E-state index is 13.1. The molecule has 3 rings (SSSR count). The number of amides is 5. The molecule has 0 bridgehead atoms. The zero-order valence-electron chi connectivity index (χ0n) is 18.5. The summed E-state index contributed by atoms with van der Waals surface area (Å²) in [6.45, 7) is 5.35. The average molecular weight is 437 g/mol. The number of nitrogens with one attached hydrogen (secondary N) is 3. The van der Waals surface area contributed by atoms with Gasteiger partial charge in [0.2, 0.25) is 11.8 Å². The normalized spacial score (nSPS) is 17.9. The van der Waals surface area contributed by atoms with Crippen molar-refractivity contribution in [1.29, 1.82) is 0 Å². The summed E-state index contributed by atoms with van der Waals surface area (Å²) in [5.41, 5.74) is 0.625. The molecule has 1 heterocycles. The van der Waals surface area contributed by atoms with Gasteiger partial charge >= 0.3 is 6.03 Å². The number of urea groups is 1. The van der Waals surface area contributed by atoms with Gasteiger partial charge in [-0.25, -0.2) is 4.79 Å². The molecule has 1 aliphatic heterocycles. The van der Waals surface area contributed by atoms with Gasteiger partial charge in [0.05, 0.1) is 0 Å². The molecule has 0 radical (unpaired) electrons. The van der Waals surface area contributed by atoms with Crippen LogP contribution in [0.3, 0.4) is 0 Å². The summed E-state index contributed by atoms with van der Waals surface area (Å²) >= 11 is 0. The molecular weight excluding hydrogens is 408 g/mol. The first-order valence-electron chi connectivity index (χ1n) is 10.6. The summed E-state index contributed by atoms with van der Waals surface area (Å²) in [5.74, 6) is -0.764. The van der Waals surface area contributed by atoms with E-state index < -0.39 is 29.9 Å². The average Bonchev–Trinajstić information content (AvgIpc) is 3.00. The van der Waals surface area contributed by atoms with E-state index in [2.05, 4.69) is 16.0 Å². The first-order chi connectivity index (χ1) is 15.2. The van der Waals surface area contributed by atoms with E-state index in [0.29, 0.717) is 29.8 Å². The lowest BCUT2D eigenvalue weighted by Gasteiger charge is -2.25. The summed E-state index contributed by atoms with van der Waals surface area (Å²) in [5, 5.41) is 8.24. The summed E-state index contributed by atoms with van der Waals surface area (Å²) < 4.78 is 0. The van der Waals surface area contributed by atoms with Crippen LogP contribution in [0.25, 0.3) is 0 Å². The first kappa shape index (κ1) is 23.0. The van der Waals surface area contributed by atoms with Gasteiger partial charge in [0.15, 0.2) is 0 Å². The molecule has 8 heteroatoms. The maximum atomic E-state index is 13.1. The first-order valence-corrected chi connectivity index (χ1v) is 10.6. The lowest BCUT2D eigenvalue weighted by molar-refractivity contribution is -0.134. The molecule has 168 valence electrons. The molecule has 3 N–H and O–H groups in total. The fourth-order valence-electron chi connectivity index (χ4n) is 3.70. The fourth-order valence-corrected chi connectivity index (χ4v) is 3.70. The van der Waals surface area contributed by atoms with Crippen LogP contribution in [-0.2, 0) is 19.9 Å². The van der Waals surface area contributed by atoms with E-state index in [4.69, 9.17) is 0 Å². The van der Waals surface area contributed by atoms with E-state index in [9.17, 15) is 19.2 Å². The van der Waals surface area contributed by atoms with Crippen molar-refractivity contribution in [2.75, 3.05) is 17.2 Å². The zero-order chi connectivity index (χ0) is 23.3. The van der Waals surface area contributed by atoms with Crippen LogP contribution in [0.15, 0.2) is 54.6 Å². The third-order valence-electron chi connectivity index (χ3n) is 5.32. The smallest absolute Gasteiger partial charge is 0.325 e. The van der Waals surface area contributed by atoms with Crippen LogP contribution in [0.5, 0.6) is 0 Å². The van der Waals surface area contributed by atoms with Crippen LogP contribution in [0.1, 0.15) is 39.2 Å². The Balaban J connectivity index is 1.63. The highest BCUT2D eigenvalue weighted by Crippen LogP contribution is 2.32. The largest absolute Gasteiger partial charge is 0.326 e. The molecule has 1 unspecified atom stereocenters. The lowest BCUT2D eigenvalue weighted by atomic mass is 9.87. The Hall–Kier alpha value is -3.68. The molecule has 0 spiro atoms. The molecule has 1 saturated heterocycles. The predicted octanol–water partition coefficient (Wildman–Crippen LogP) is 3.47. The van der Waals surface area contributed by atoms with E-state index in [1.54, 1.807) is 48.5 Å². The van der Waals surface area contributed by atoms with Crippen LogP contribution < -0.4 is 16.0 Å². The number of nitrogens with zero attached hydrogens (tertiary/aromatic N) is 1. The number of anilines is 2. The zero-order valence-corrected chi connectivity index (χ0v) is 18.5. The highest BCUT2D eigenvalue weighted by Gasteiger charge is 2.51. The van der Waals surface area contributed by atoms with Gasteiger partial charge in [0.1, 0.15) is 12.1 Å². The van der Waals surface area contributed by atoms with E-state index in [0.717, 1.165) is 4.90 Å². The Morgan fingerprint density at radius 3 is 2.03 bits per heavy atom. The van der Waals surface area contributed by atoms with Crippen molar-refractivity contribution in [2.24, 2.45) is 5.92 Å². The second-order valence-electron chi connectivity index (χ2n) is 8.22. The molecular formula is C24H28N4O4.